The molecule has 0 unspecified atom stereocenters. The summed E-state index contributed by atoms with van der Waals surface area (Å²) in [7, 11) is 1.22. The van der Waals surface area contributed by atoms with Crippen molar-refractivity contribution >= 4 is 5.97 Å². The van der Waals surface area contributed by atoms with Gasteiger partial charge in [0, 0.05) is 23.4 Å². The van der Waals surface area contributed by atoms with Crippen LogP contribution in [-0.4, -0.2) is 28.2 Å². The lowest BCUT2D eigenvalue weighted by atomic mass is 9.89. The molecule has 0 spiro atoms. The molecule has 0 aliphatic rings. The molecule has 0 aliphatic carbocycles. The first-order valence-electron chi connectivity index (χ1n) is 6.61. The number of aromatic hydroxyl groups is 1. The van der Waals surface area contributed by atoms with Gasteiger partial charge in [0.05, 0.1) is 19.1 Å². The van der Waals surface area contributed by atoms with E-state index in [1.54, 1.807) is 13.0 Å². The van der Waals surface area contributed by atoms with Crippen LogP contribution in [0.5, 0.6) is 5.75 Å². The van der Waals surface area contributed by atoms with Crippen molar-refractivity contribution in [3.05, 3.63) is 61.9 Å². The number of carbonyl (C=O) groups excluding carboxylic acids is 1. The number of carbonyl (C=O) groups is 1. The summed E-state index contributed by atoms with van der Waals surface area (Å²) in [6.07, 6.45) is 1.21. The Balaban J connectivity index is 2.65. The summed E-state index contributed by atoms with van der Waals surface area (Å²) in [4.78, 5) is 40.9. The van der Waals surface area contributed by atoms with E-state index in [1.807, 2.05) is 0 Å². The van der Waals surface area contributed by atoms with Crippen LogP contribution < -0.4 is 11.1 Å². The van der Waals surface area contributed by atoms with Gasteiger partial charge < -0.3 is 19.8 Å². The van der Waals surface area contributed by atoms with Crippen LogP contribution in [0.3, 0.4) is 0 Å². The summed E-state index contributed by atoms with van der Waals surface area (Å²) in [5.74, 6) is -1.76. The fourth-order valence-corrected chi connectivity index (χ4v) is 2.34. The maximum Gasteiger partial charge on any atom is 0.306 e. The van der Waals surface area contributed by atoms with Gasteiger partial charge in [-0.25, -0.2) is 0 Å². The number of nitrogens with one attached hydrogen (secondary N) is 2. The summed E-state index contributed by atoms with van der Waals surface area (Å²) in [6, 6.07) is 4.46. The molecule has 0 saturated heterocycles. The first-order chi connectivity index (χ1) is 10.4. The fourth-order valence-electron chi connectivity index (χ4n) is 2.34. The number of hydrogen-bond acceptors (Lipinski definition) is 5. The molecule has 1 atom stereocenters. The topological polar surface area (TPSA) is 112 Å². The average molecular weight is 304 g/mol. The Morgan fingerprint density at radius 1 is 1.36 bits per heavy atom. The van der Waals surface area contributed by atoms with E-state index in [1.165, 1.54) is 25.4 Å². The monoisotopic (exact) mass is 304 g/mol. The molecule has 7 nitrogen and oxygen atoms in total. The molecule has 0 amide bonds. The predicted molar refractivity (Wildman–Crippen MR) is 79.0 cm³/mol. The Morgan fingerprint density at radius 2 is 2.09 bits per heavy atom. The number of pyridine rings is 2. The van der Waals surface area contributed by atoms with Crippen molar-refractivity contribution in [3.8, 4) is 5.75 Å². The zero-order valence-electron chi connectivity index (χ0n) is 12.2. The molecule has 0 saturated carbocycles. The van der Waals surface area contributed by atoms with Crippen molar-refractivity contribution in [1.82, 2.24) is 9.97 Å². The van der Waals surface area contributed by atoms with Gasteiger partial charge in [-0.1, -0.05) is 6.07 Å². The van der Waals surface area contributed by atoms with Crippen molar-refractivity contribution in [3.63, 3.8) is 0 Å². The molecule has 116 valence electrons. The van der Waals surface area contributed by atoms with Gasteiger partial charge >= 0.3 is 5.97 Å². The van der Waals surface area contributed by atoms with Crippen LogP contribution in [0.4, 0.5) is 0 Å². The maximum atomic E-state index is 12.2. The second-order valence-electron chi connectivity index (χ2n) is 4.87. The summed E-state index contributed by atoms with van der Waals surface area (Å²) in [5.41, 5.74) is -0.333. The average Bonchev–Trinajstić information content (AvgIpc) is 2.45. The van der Waals surface area contributed by atoms with E-state index >= 15 is 0 Å². The van der Waals surface area contributed by atoms with E-state index in [-0.39, 0.29) is 23.3 Å². The minimum absolute atomic E-state index is 0.0345. The number of methoxy groups -OCH3 is 1. The second kappa shape index (κ2) is 6.30. The Hall–Kier alpha value is -2.83. The molecular weight excluding hydrogens is 288 g/mol. The molecule has 0 bridgehead atoms. The van der Waals surface area contributed by atoms with Crippen LogP contribution in [-0.2, 0) is 9.53 Å². The highest BCUT2D eigenvalue weighted by molar-refractivity contribution is 5.71. The van der Waals surface area contributed by atoms with Crippen LogP contribution in [0.25, 0.3) is 0 Å². The highest BCUT2D eigenvalue weighted by atomic mass is 16.5. The number of aryl methyl sites for hydroxylation is 1. The van der Waals surface area contributed by atoms with Gasteiger partial charge in [0.1, 0.15) is 5.75 Å². The van der Waals surface area contributed by atoms with E-state index in [4.69, 9.17) is 0 Å². The van der Waals surface area contributed by atoms with E-state index in [0.717, 1.165) is 0 Å². The van der Waals surface area contributed by atoms with Gasteiger partial charge in [-0.2, -0.15) is 0 Å². The van der Waals surface area contributed by atoms with Gasteiger partial charge in [-0.15, -0.1) is 0 Å². The number of rotatable bonds is 4. The van der Waals surface area contributed by atoms with Gasteiger partial charge in [0.15, 0.2) is 0 Å². The van der Waals surface area contributed by atoms with Crippen molar-refractivity contribution < 1.29 is 14.6 Å². The van der Waals surface area contributed by atoms with Crippen molar-refractivity contribution in [1.29, 1.82) is 0 Å². The number of aromatic amines is 2. The number of aromatic nitrogens is 2. The van der Waals surface area contributed by atoms with Crippen LogP contribution in [0.2, 0.25) is 0 Å². The molecular formula is C15H16N2O5. The van der Waals surface area contributed by atoms with E-state index in [9.17, 15) is 19.5 Å². The molecule has 7 heteroatoms. The molecule has 0 fully saturated rings. The molecule has 2 heterocycles. The second-order valence-corrected chi connectivity index (χ2v) is 4.87. The van der Waals surface area contributed by atoms with Gasteiger partial charge in [-0.3, -0.25) is 14.4 Å². The van der Waals surface area contributed by atoms with Gasteiger partial charge in [0.2, 0.25) is 0 Å². The van der Waals surface area contributed by atoms with Crippen LogP contribution in [0, 0.1) is 6.92 Å². The Labute approximate surface area is 125 Å². The minimum Gasteiger partial charge on any atom is -0.507 e. The maximum absolute atomic E-state index is 12.2. The van der Waals surface area contributed by atoms with E-state index in [0.29, 0.717) is 5.69 Å². The van der Waals surface area contributed by atoms with Crippen molar-refractivity contribution in [2.75, 3.05) is 7.11 Å². The molecule has 2 aromatic heterocycles. The first-order valence-corrected chi connectivity index (χ1v) is 6.61. The lowest BCUT2D eigenvalue weighted by molar-refractivity contribution is -0.140. The molecule has 0 radical (unpaired) electrons. The van der Waals surface area contributed by atoms with Crippen LogP contribution in [0.15, 0.2) is 34.0 Å². The van der Waals surface area contributed by atoms with Crippen molar-refractivity contribution in [2.45, 2.75) is 19.3 Å². The standard InChI is InChI=1S/C15H16N2O5/c1-8-6-11(18)13(15(21)17-8)10(7-12(19)22-2)9-4-3-5-16-14(9)20/h3-6,10H,7H2,1-2H3,(H,16,20)(H2,17,18,21)/t10-/m1/s1. The number of hydrogen-bond donors (Lipinski definition) is 3. The highest BCUT2D eigenvalue weighted by Crippen LogP contribution is 2.30. The zero-order valence-corrected chi connectivity index (χ0v) is 12.2. The summed E-state index contributed by atoms with van der Waals surface area (Å²) < 4.78 is 4.62. The lowest BCUT2D eigenvalue weighted by Gasteiger charge is -2.16. The minimum atomic E-state index is -0.901. The number of H-pyrrole nitrogens is 2. The van der Waals surface area contributed by atoms with Gasteiger partial charge in [-0.05, 0) is 19.1 Å². The predicted octanol–water partition coefficient (Wildman–Crippen LogP) is 0.772. The molecule has 0 aliphatic heterocycles. The summed E-state index contributed by atoms with van der Waals surface area (Å²) in [5, 5.41) is 10.1. The Morgan fingerprint density at radius 3 is 2.68 bits per heavy atom. The molecule has 3 N–H and O–H groups in total. The largest absolute Gasteiger partial charge is 0.507 e. The first kappa shape index (κ1) is 15.6. The quantitative estimate of drug-likeness (QED) is 0.722. The molecule has 2 rings (SSSR count). The van der Waals surface area contributed by atoms with E-state index in [2.05, 4.69) is 14.7 Å². The zero-order chi connectivity index (χ0) is 16.3. The molecule has 0 aromatic carbocycles. The summed E-state index contributed by atoms with van der Waals surface area (Å²) >= 11 is 0. The highest BCUT2D eigenvalue weighted by Gasteiger charge is 2.26. The van der Waals surface area contributed by atoms with Crippen LogP contribution >= 0.6 is 0 Å². The number of esters is 1. The Bertz CT molecular complexity index is 806. The molecule has 2 aromatic rings. The smallest absolute Gasteiger partial charge is 0.306 e. The third-order valence-electron chi connectivity index (χ3n) is 3.36. The third-order valence-corrected chi connectivity index (χ3v) is 3.36. The van der Waals surface area contributed by atoms with E-state index < -0.39 is 23.0 Å². The SMILES string of the molecule is COC(=O)C[C@H](c1ccc[nH]c1=O)c1c(O)cc(C)[nH]c1=O. The lowest BCUT2D eigenvalue weighted by Crippen LogP contribution is -2.25. The van der Waals surface area contributed by atoms with Gasteiger partial charge in [0.25, 0.3) is 11.1 Å². The fraction of sp³-hybridized carbons (Fsp3) is 0.267. The van der Waals surface area contributed by atoms with Crippen molar-refractivity contribution in [2.24, 2.45) is 0 Å². The normalized spacial score (nSPS) is 11.9. The van der Waals surface area contributed by atoms with Crippen LogP contribution in [0.1, 0.15) is 29.2 Å². The number of ether oxygens (including phenoxy) is 1. The third kappa shape index (κ3) is 3.08. The Kier molecular flexibility index (Phi) is 4.45. The summed E-state index contributed by atoms with van der Waals surface area (Å²) in [6.45, 7) is 1.62. The molecule has 22 heavy (non-hydrogen) atoms.